The number of nitrogens with zero attached hydrogens (tertiary/aromatic N) is 1. The molecule has 14 heavy (non-hydrogen) atoms. The molecule has 1 aromatic rings. The van der Waals surface area contributed by atoms with Crippen LogP contribution in [0.3, 0.4) is 0 Å². The number of hydrogen-bond donors (Lipinski definition) is 0. The highest BCUT2D eigenvalue weighted by Crippen LogP contribution is 2.31. The Morgan fingerprint density at radius 3 is 2.50 bits per heavy atom. The molecule has 1 aromatic heterocycles. The molecule has 0 aliphatic rings. The van der Waals surface area contributed by atoms with Crippen LogP contribution in [0.1, 0.15) is 33.4 Å². The second-order valence-corrected chi connectivity index (χ2v) is 4.27. The van der Waals surface area contributed by atoms with E-state index in [1.54, 1.807) is 0 Å². The van der Waals surface area contributed by atoms with Crippen molar-refractivity contribution in [3.8, 4) is 0 Å². The van der Waals surface area contributed by atoms with Gasteiger partial charge in [-0.2, -0.15) is 0 Å². The van der Waals surface area contributed by atoms with Crippen LogP contribution in [0.25, 0.3) is 5.57 Å². The van der Waals surface area contributed by atoms with Crippen molar-refractivity contribution in [3.05, 3.63) is 41.9 Å². The summed E-state index contributed by atoms with van der Waals surface area (Å²) in [5.41, 5.74) is 5.52. The molecule has 0 spiro atoms. The van der Waals surface area contributed by atoms with Gasteiger partial charge in [-0.25, -0.2) is 0 Å². The lowest BCUT2D eigenvalue weighted by molar-refractivity contribution is 0.565. The molecule has 74 valence electrons. The van der Waals surface area contributed by atoms with Gasteiger partial charge in [0.2, 0.25) is 0 Å². The van der Waals surface area contributed by atoms with Crippen molar-refractivity contribution in [2.75, 3.05) is 0 Å². The molecular weight excluding hydrogens is 170 g/mol. The van der Waals surface area contributed by atoms with Crippen molar-refractivity contribution in [2.24, 2.45) is 5.41 Å². The van der Waals surface area contributed by atoms with Gasteiger partial charge in [0.05, 0.1) is 5.69 Å². The first-order chi connectivity index (χ1) is 6.55. The molecular formula is C13H17N. The largest absolute Gasteiger partial charge is 0.256 e. The van der Waals surface area contributed by atoms with Gasteiger partial charge >= 0.3 is 0 Å². The molecule has 1 rings (SSSR count). The van der Waals surface area contributed by atoms with Crippen LogP contribution in [-0.4, -0.2) is 4.98 Å². The summed E-state index contributed by atoms with van der Waals surface area (Å²) in [7, 11) is 0. The predicted octanol–water partition coefficient (Wildman–Crippen LogP) is 3.69. The van der Waals surface area contributed by atoms with Gasteiger partial charge in [0.1, 0.15) is 0 Å². The van der Waals surface area contributed by atoms with Crippen LogP contribution in [0, 0.1) is 5.41 Å². The van der Waals surface area contributed by atoms with Gasteiger partial charge in [0.15, 0.2) is 0 Å². The molecule has 0 amide bonds. The van der Waals surface area contributed by atoms with Crippen LogP contribution in [0.5, 0.6) is 0 Å². The summed E-state index contributed by atoms with van der Waals surface area (Å²) >= 11 is 0. The van der Waals surface area contributed by atoms with E-state index in [0.717, 1.165) is 11.3 Å². The lowest BCUT2D eigenvalue weighted by Crippen LogP contribution is -2.08. The second kappa shape index (κ2) is 4.26. The number of aromatic nitrogens is 1. The maximum absolute atomic E-state index is 4.34. The third-order valence-corrected chi connectivity index (χ3v) is 1.96. The van der Waals surface area contributed by atoms with Crippen molar-refractivity contribution in [1.82, 2.24) is 4.98 Å². The Bertz CT molecular complexity index is 349. The third-order valence-electron chi connectivity index (χ3n) is 1.96. The van der Waals surface area contributed by atoms with Crippen molar-refractivity contribution in [2.45, 2.75) is 27.7 Å². The zero-order valence-electron chi connectivity index (χ0n) is 9.33. The van der Waals surface area contributed by atoms with Crippen molar-refractivity contribution < 1.29 is 0 Å². The van der Waals surface area contributed by atoms with E-state index in [0.29, 0.717) is 0 Å². The SMILES string of the molecule is CC=C=C(c1ccccn1)C(C)(C)C. The highest BCUT2D eigenvalue weighted by Gasteiger charge is 2.18. The highest BCUT2D eigenvalue weighted by atomic mass is 14.7. The Kier molecular flexibility index (Phi) is 3.27. The maximum Gasteiger partial charge on any atom is 0.0743 e. The Labute approximate surface area is 86.2 Å². The predicted molar refractivity (Wildman–Crippen MR) is 60.9 cm³/mol. The number of allylic oxidation sites excluding steroid dienone is 1. The van der Waals surface area contributed by atoms with E-state index in [1.807, 2.05) is 37.4 Å². The summed E-state index contributed by atoms with van der Waals surface area (Å²) in [6, 6.07) is 5.96. The number of rotatable bonds is 1. The fourth-order valence-corrected chi connectivity index (χ4v) is 1.33. The molecule has 0 aliphatic heterocycles. The third kappa shape index (κ3) is 2.58. The first kappa shape index (κ1) is 10.7. The lowest BCUT2D eigenvalue weighted by atomic mass is 9.85. The Morgan fingerprint density at radius 1 is 1.36 bits per heavy atom. The van der Waals surface area contributed by atoms with E-state index in [4.69, 9.17) is 0 Å². The fraction of sp³-hybridized carbons (Fsp3) is 0.385. The quantitative estimate of drug-likeness (QED) is 0.611. The van der Waals surface area contributed by atoms with Crippen LogP contribution in [0.2, 0.25) is 0 Å². The molecule has 0 atom stereocenters. The van der Waals surface area contributed by atoms with Crippen LogP contribution in [0.4, 0.5) is 0 Å². The number of pyridine rings is 1. The van der Waals surface area contributed by atoms with E-state index >= 15 is 0 Å². The zero-order chi connectivity index (χ0) is 10.6. The topological polar surface area (TPSA) is 12.9 Å². The van der Waals surface area contributed by atoms with Crippen LogP contribution in [0.15, 0.2) is 36.2 Å². The number of hydrogen-bond acceptors (Lipinski definition) is 1. The minimum Gasteiger partial charge on any atom is -0.256 e. The molecule has 0 fully saturated rings. The summed E-state index contributed by atoms with van der Waals surface area (Å²) in [5.74, 6) is 0. The van der Waals surface area contributed by atoms with Gasteiger partial charge in [-0.1, -0.05) is 26.8 Å². The monoisotopic (exact) mass is 187 g/mol. The first-order valence-corrected chi connectivity index (χ1v) is 4.89. The van der Waals surface area contributed by atoms with Crippen molar-refractivity contribution in [1.29, 1.82) is 0 Å². The molecule has 1 heteroatoms. The van der Waals surface area contributed by atoms with E-state index in [9.17, 15) is 0 Å². The molecule has 0 aromatic carbocycles. The van der Waals surface area contributed by atoms with Gasteiger partial charge in [-0.15, -0.1) is 5.73 Å². The molecule has 1 nitrogen and oxygen atoms in total. The van der Waals surface area contributed by atoms with Gasteiger partial charge in [-0.05, 0) is 30.5 Å². The van der Waals surface area contributed by atoms with E-state index in [-0.39, 0.29) is 5.41 Å². The standard InChI is InChI=1S/C13H17N/c1-5-8-11(13(2,3)4)12-9-6-7-10-14-12/h5-7,9-10H,1-4H3. The van der Waals surface area contributed by atoms with Crippen LogP contribution < -0.4 is 0 Å². The summed E-state index contributed by atoms with van der Waals surface area (Å²) in [5, 5.41) is 0. The van der Waals surface area contributed by atoms with Crippen LogP contribution >= 0.6 is 0 Å². The first-order valence-electron chi connectivity index (χ1n) is 4.89. The highest BCUT2D eigenvalue weighted by molar-refractivity contribution is 5.65. The normalized spacial score (nSPS) is 10.6. The molecule has 0 saturated heterocycles. The minimum atomic E-state index is 0.0842. The summed E-state index contributed by atoms with van der Waals surface area (Å²) < 4.78 is 0. The Morgan fingerprint density at radius 2 is 2.07 bits per heavy atom. The average molecular weight is 187 g/mol. The lowest BCUT2D eigenvalue weighted by Gasteiger charge is -2.20. The maximum atomic E-state index is 4.34. The Hall–Kier alpha value is -1.33. The smallest absolute Gasteiger partial charge is 0.0743 e. The average Bonchev–Trinajstić information content (AvgIpc) is 2.14. The van der Waals surface area contributed by atoms with Gasteiger partial charge in [0, 0.05) is 11.8 Å². The molecule has 0 bridgehead atoms. The summed E-state index contributed by atoms with van der Waals surface area (Å²) in [6.45, 7) is 8.50. The van der Waals surface area contributed by atoms with Gasteiger partial charge in [-0.3, -0.25) is 4.98 Å². The molecule has 0 saturated carbocycles. The van der Waals surface area contributed by atoms with E-state index < -0.39 is 0 Å². The molecule has 1 heterocycles. The summed E-state index contributed by atoms with van der Waals surface area (Å²) in [6.07, 6.45) is 3.76. The molecule has 0 N–H and O–H groups in total. The Balaban J connectivity index is 3.23. The second-order valence-electron chi connectivity index (χ2n) is 4.27. The van der Waals surface area contributed by atoms with Crippen molar-refractivity contribution >= 4 is 5.57 Å². The van der Waals surface area contributed by atoms with Gasteiger partial charge < -0.3 is 0 Å². The van der Waals surface area contributed by atoms with Crippen LogP contribution in [-0.2, 0) is 0 Å². The molecule has 0 aliphatic carbocycles. The van der Waals surface area contributed by atoms with Crippen molar-refractivity contribution in [3.63, 3.8) is 0 Å². The minimum absolute atomic E-state index is 0.0842. The van der Waals surface area contributed by atoms with Gasteiger partial charge in [0.25, 0.3) is 0 Å². The molecule has 0 radical (unpaired) electrons. The fourth-order valence-electron chi connectivity index (χ4n) is 1.33. The van der Waals surface area contributed by atoms with E-state index in [2.05, 4.69) is 31.5 Å². The van der Waals surface area contributed by atoms with E-state index in [1.165, 1.54) is 0 Å². The summed E-state index contributed by atoms with van der Waals surface area (Å²) in [4.78, 5) is 4.34. The molecule has 0 unspecified atom stereocenters. The zero-order valence-corrected chi connectivity index (χ0v) is 9.33.